The van der Waals surface area contributed by atoms with Crippen LogP contribution in [0.4, 0.5) is 0 Å². The first-order chi connectivity index (χ1) is 8.16. The molecule has 1 heterocycles. The molecule has 0 amide bonds. The van der Waals surface area contributed by atoms with Crippen molar-refractivity contribution in [2.75, 3.05) is 6.54 Å². The van der Waals surface area contributed by atoms with Gasteiger partial charge in [-0.2, -0.15) is 0 Å². The maximum Gasteiger partial charge on any atom is 0.328 e. The molecule has 0 spiro atoms. The highest BCUT2D eigenvalue weighted by atomic mass is 35.5. The number of hydrogen-bond acceptors (Lipinski definition) is 3. The number of aryl methyl sites for hydroxylation is 1. The Balaban J connectivity index is 1.79. The SMILES string of the molecule is O=c1[nH]c(=O)n(CCCCNC2CC2)cc1Cl. The summed E-state index contributed by atoms with van der Waals surface area (Å²) in [7, 11) is 0. The van der Waals surface area contributed by atoms with Crippen LogP contribution < -0.4 is 16.6 Å². The smallest absolute Gasteiger partial charge is 0.314 e. The molecule has 0 radical (unpaired) electrons. The molecule has 0 aliphatic heterocycles. The lowest BCUT2D eigenvalue weighted by Crippen LogP contribution is -2.30. The summed E-state index contributed by atoms with van der Waals surface area (Å²) in [5, 5.41) is 3.46. The highest BCUT2D eigenvalue weighted by Crippen LogP contribution is 2.18. The topological polar surface area (TPSA) is 66.9 Å². The second-order valence-electron chi connectivity index (χ2n) is 4.37. The first-order valence-electron chi connectivity index (χ1n) is 5.89. The second-order valence-corrected chi connectivity index (χ2v) is 4.77. The summed E-state index contributed by atoms with van der Waals surface area (Å²) in [6.07, 6.45) is 5.88. The Bertz CT molecular complexity index is 490. The minimum absolute atomic E-state index is 0.0562. The van der Waals surface area contributed by atoms with Gasteiger partial charge in [0.1, 0.15) is 5.02 Å². The van der Waals surface area contributed by atoms with E-state index >= 15 is 0 Å². The molecular formula is C11H16ClN3O2. The van der Waals surface area contributed by atoms with Crippen molar-refractivity contribution < 1.29 is 0 Å². The minimum atomic E-state index is -0.525. The molecule has 1 aromatic rings. The lowest BCUT2D eigenvalue weighted by atomic mass is 10.3. The molecule has 1 aliphatic carbocycles. The number of hydrogen-bond donors (Lipinski definition) is 2. The first kappa shape index (κ1) is 12.4. The Labute approximate surface area is 104 Å². The summed E-state index contributed by atoms with van der Waals surface area (Å²) in [6, 6.07) is 0.722. The Kier molecular flexibility index (Phi) is 4.02. The summed E-state index contributed by atoms with van der Waals surface area (Å²) < 4.78 is 1.45. The number of nitrogens with one attached hydrogen (secondary N) is 2. The van der Waals surface area contributed by atoms with Crippen LogP contribution in [0.1, 0.15) is 25.7 Å². The van der Waals surface area contributed by atoms with Crippen molar-refractivity contribution in [1.82, 2.24) is 14.9 Å². The van der Waals surface area contributed by atoms with Gasteiger partial charge in [0.15, 0.2) is 0 Å². The van der Waals surface area contributed by atoms with E-state index in [0.29, 0.717) is 6.54 Å². The fourth-order valence-corrected chi connectivity index (χ4v) is 1.81. The molecule has 1 fully saturated rings. The fourth-order valence-electron chi connectivity index (χ4n) is 1.65. The van der Waals surface area contributed by atoms with Crippen LogP contribution in [0.25, 0.3) is 0 Å². The lowest BCUT2D eigenvalue weighted by molar-refractivity contribution is 0.550. The van der Waals surface area contributed by atoms with Crippen molar-refractivity contribution in [3.05, 3.63) is 32.1 Å². The molecule has 0 unspecified atom stereocenters. The van der Waals surface area contributed by atoms with Crippen molar-refractivity contribution in [2.24, 2.45) is 0 Å². The van der Waals surface area contributed by atoms with Gasteiger partial charge in [0.05, 0.1) is 0 Å². The maximum atomic E-state index is 11.4. The maximum absolute atomic E-state index is 11.4. The molecule has 5 nitrogen and oxygen atoms in total. The zero-order chi connectivity index (χ0) is 12.3. The van der Waals surface area contributed by atoms with E-state index in [1.54, 1.807) is 0 Å². The van der Waals surface area contributed by atoms with Crippen LogP contribution in [0.2, 0.25) is 5.02 Å². The van der Waals surface area contributed by atoms with E-state index in [2.05, 4.69) is 10.3 Å². The van der Waals surface area contributed by atoms with Crippen LogP contribution in [0.3, 0.4) is 0 Å². The van der Waals surface area contributed by atoms with Crippen LogP contribution in [-0.4, -0.2) is 22.1 Å². The predicted molar refractivity (Wildman–Crippen MR) is 66.6 cm³/mol. The number of aromatic amines is 1. The van der Waals surface area contributed by atoms with E-state index in [1.807, 2.05) is 0 Å². The highest BCUT2D eigenvalue weighted by Gasteiger charge is 2.19. The average Bonchev–Trinajstić information content (AvgIpc) is 3.08. The first-order valence-corrected chi connectivity index (χ1v) is 6.27. The van der Waals surface area contributed by atoms with Crippen molar-refractivity contribution in [2.45, 2.75) is 38.3 Å². The highest BCUT2D eigenvalue weighted by molar-refractivity contribution is 6.30. The Morgan fingerprint density at radius 3 is 2.88 bits per heavy atom. The third kappa shape index (κ3) is 3.71. The van der Waals surface area contributed by atoms with Crippen LogP contribution in [0.15, 0.2) is 15.8 Å². The summed E-state index contributed by atoms with van der Waals surface area (Å²) in [6.45, 7) is 1.57. The molecule has 1 aromatic heterocycles. The van der Waals surface area contributed by atoms with Crippen LogP contribution >= 0.6 is 11.6 Å². The van der Waals surface area contributed by atoms with Crippen LogP contribution in [0, 0.1) is 0 Å². The van der Waals surface area contributed by atoms with Crippen molar-refractivity contribution in [3.63, 3.8) is 0 Å². The number of aromatic nitrogens is 2. The number of unbranched alkanes of at least 4 members (excludes halogenated alkanes) is 1. The van der Waals surface area contributed by atoms with Crippen LogP contribution in [-0.2, 0) is 6.54 Å². The van der Waals surface area contributed by atoms with E-state index in [-0.39, 0.29) is 5.02 Å². The van der Waals surface area contributed by atoms with Gasteiger partial charge in [0.25, 0.3) is 5.56 Å². The molecule has 0 aromatic carbocycles. The van der Waals surface area contributed by atoms with E-state index in [0.717, 1.165) is 25.4 Å². The molecule has 6 heteroatoms. The quantitative estimate of drug-likeness (QED) is 0.738. The third-order valence-corrected chi connectivity index (χ3v) is 3.07. The molecule has 94 valence electrons. The summed E-state index contributed by atoms with van der Waals surface area (Å²) in [5.41, 5.74) is -0.919. The van der Waals surface area contributed by atoms with Gasteiger partial charge >= 0.3 is 5.69 Å². The number of H-pyrrole nitrogens is 1. The number of nitrogens with zero attached hydrogens (tertiary/aromatic N) is 1. The standard InChI is InChI=1S/C11H16ClN3O2/c12-9-7-15(11(17)14-10(9)16)6-2-1-5-13-8-3-4-8/h7-8,13H,1-6H2,(H,14,16,17). The second kappa shape index (κ2) is 5.51. The van der Waals surface area contributed by atoms with E-state index in [4.69, 9.17) is 11.6 Å². The Morgan fingerprint density at radius 2 is 2.18 bits per heavy atom. The third-order valence-electron chi connectivity index (χ3n) is 2.80. The fraction of sp³-hybridized carbons (Fsp3) is 0.636. The van der Waals surface area contributed by atoms with Gasteiger partial charge in [0.2, 0.25) is 0 Å². The lowest BCUT2D eigenvalue weighted by Gasteiger charge is -2.05. The van der Waals surface area contributed by atoms with Gasteiger partial charge < -0.3 is 5.32 Å². The monoisotopic (exact) mass is 257 g/mol. The largest absolute Gasteiger partial charge is 0.328 e. The van der Waals surface area contributed by atoms with Gasteiger partial charge in [-0.3, -0.25) is 14.3 Å². The molecule has 2 N–H and O–H groups in total. The molecule has 2 rings (SSSR count). The molecule has 0 saturated heterocycles. The van der Waals surface area contributed by atoms with Gasteiger partial charge in [-0.1, -0.05) is 11.6 Å². The zero-order valence-corrected chi connectivity index (χ0v) is 10.3. The summed E-state index contributed by atoms with van der Waals surface area (Å²) >= 11 is 5.66. The van der Waals surface area contributed by atoms with E-state index in [9.17, 15) is 9.59 Å². The molecule has 1 aliphatic rings. The number of rotatable bonds is 6. The molecule has 1 saturated carbocycles. The van der Waals surface area contributed by atoms with Crippen LogP contribution in [0.5, 0.6) is 0 Å². The molecule has 17 heavy (non-hydrogen) atoms. The van der Waals surface area contributed by atoms with Crippen molar-refractivity contribution >= 4 is 11.6 Å². The molecule has 0 bridgehead atoms. The van der Waals surface area contributed by atoms with Gasteiger partial charge in [-0.15, -0.1) is 0 Å². The van der Waals surface area contributed by atoms with Gasteiger partial charge in [0, 0.05) is 18.8 Å². The van der Waals surface area contributed by atoms with E-state index < -0.39 is 11.2 Å². The average molecular weight is 258 g/mol. The Hall–Kier alpha value is -1.07. The zero-order valence-electron chi connectivity index (χ0n) is 9.54. The molecule has 0 atom stereocenters. The Morgan fingerprint density at radius 1 is 1.41 bits per heavy atom. The van der Waals surface area contributed by atoms with Gasteiger partial charge in [-0.05, 0) is 32.2 Å². The summed E-state index contributed by atoms with van der Waals surface area (Å²) in [5.74, 6) is 0. The normalized spacial score (nSPS) is 15.1. The summed E-state index contributed by atoms with van der Waals surface area (Å²) in [4.78, 5) is 24.6. The minimum Gasteiger partial charge on any atom is -0.314 e. The predicted octanol–water partition coefficient (Wildman–Crippen LogP) is 0.722. The van der Waals surface area contributed by atoms with E-state index in [1.165, 1.54) is 23.6 Å². The number of halogens is 1. The molecular weight excluding hydrogens is 242 g/mol. The van der Waals surface area contributed by atoms with Crippen molar-refractivity contribution in [3.8, 4) is 0 Å². The van der Waals surface area contributed by atoms with Gasteiger partial charge in [-0.25, -0.2) is 4.79 Å². The van der Waals surface area contributed by atoms with Crippen molar-refractivity contribution in [1.29, 1.82) is 0 Å².